The van der Waals surface area contributed by atoms with Crippen LogP contribution in [0.25, 0.3) is 16.6 Å². The number of thiazole rings is 1. The third kappa shape index (κ3) is 4.17. The number of nitro benzene ring substituents is 1. The minimum absolute atomic E-state index is 0.0241. The van der Waals surface area contributed by atoms with E-state index in [0.717, 1.165) is 5.56 Å². The van der Waals surface area contributed by atoms with E-state index in [2.05, 4.69) is 11.2 Å². The second-order valence-corrected chi connectivity index (χ2v) is 6.45. The molecule has 3 aromatic rings. The number of non-ortho nitro benzene ring substituents is 1. The molecule has 0 bridgehead atoms. The smallest absolute Gasteiger partial charge is 0.270 e. The Kier molecular flexibility index (Phi) is 5.02. The highest BCUT2D eigenvalue weighted by Gasteiger charge is 2.10. The Labute approximate surface area is 152 Å². The molecule has 0 spiro atoms. The van der Waals surface area contributed by atoms with Crippen LogP contribution in [-0.2, 0) is 0 Å². The lowest BCUT2D eigenvalue weighted by atomic mass is 10.1. The molecule has 0 aliphatic heterocycles. The van der Waals surface area contributed by atoms with Gasteiger partial charge in [0, 0.05) is 22.7 Å². The van der Waals surface area contributed by atoms with Crippen LogP contribution in [0, 0.1) is 16.3 Å². The average molecular weight is 370 g/mol. The van der Waals surface area contributed by atoms with E-state index in [9.17, 15) is 14.9 Å². The molecule has 3 rings (SSSR count). The van der Waals surface area contributed by atoms with Gasteiger partial charge in [-0.05, 0) is 23.8 Å². The highest BCUT2D eigenvalue weighted by molar-refractivity contribution is 7.17. The van der Waals surface area contributed by atoms with Gasteiger partial charge in [-0.25, -0.2) is 4.98 Å². The molecular weight excluding hydrogens is 360 g/mol. The fourth-order valence-electron chi connectivity index (χ4n) is 2.05. The summed E-state index contributed by atoms with van der Waals surface area (Å²) in [7, 11) is 0. The van der Waals surface area contributed by atoms with E-state index in [-0.39, 0.29) is 11.5 Å². The second kappa shape index (κ2) is 7.38. The van der Waals surface area contributed by atoms with Gasteiger partial charge >= 0.3 is 0 Å². The SMILES string of the molecule is O=C(C=Cc1cccc([N+](=O)[O-])c1)c1[c]nc(-c2ccc(Cl)cc2)s1. The van der Waals surface area contributed by atoms with E-state index >= 15 is 0 Å². The highest BCUT2D eigenvalue weighted by atomic mass is 35.5. The molecule has 0 saturated heterocycles. The van der Waals surface area contributed by atoms with Gasteiger partial charge in [0.25, 0.3) is 5.69 Å². The zero-order valence-corrected chi connectivity index (χ0v) is 14.3. The van der Waals surface area contributed by atoms with Crippen LogP contribution >= 0.6 is 22.9 Å². The third-order valence-electron chi connectivity index (χ3n) is 3.28. The molecule has 5 nitrogen and oxygen atoms in total. The van der Waals surface area contributed by atoms with Gasteiger partial charge in [-0.2, -0.15) is 0 Å². The van der Waals surface area contributed by atoms with Crippen LogP contribution in [0.5, 0.6) is 0 Å². The van der Waals surface area contributed by atoms with Gasteiger partial charge in [-0.15, -0.1) is 11.3 Å². The zero-order valence-electron chi connectivity index (χ0n) is 12.7. The average Bonchev–Trinajstić information content (AvgIpc) is 3.10. The van der Waals surface area contributed by atoms with Gasteiger partial charge in [-0.1, -0.05) is 41.9 Å². The number of ketones is 1. The molecule has 0 amide bonds. The topological polar surface area (TPSA) is 73.1 Å². The van der Waals surface area contributed by atoms with Gasteiger partial charge in [0.15, 0.2) is 5.78 Å². The molecule has 123 valence electrons. The summed E-state index contributed by atoms with van der Waals surface area (Å²) >= 11 is 7.08. The molecule has 0 aliphatic rings. The number of benzene rings is 2. The van der Waals surface area contributed by atoms with Crippen molar-refractivity contribution in [3.8, 4) is 10.6 Å². The first-order valence-electron chi connectivity index (χ1n) is 7.14. The first-order chi connectivity index (χ1) is 12.0. The number of allylic oxidation sites excluding steroid dienone is 1. The van der Waals surface area contributed by atoms with Crippen molar-refractivity contribution >= 4 is 40.5 Å². The van der Waals surface area contributed by atoms with E-state index in [1.165, 1.54) is 35.6 Å². The molecular formula is C18H10ClN2O3S. The van der Waals surface area contributed by atoms with Crippen LogP contribution in [0.3, 0.4) is 0 Å². The van der Waals surface area contributed by atoms with Crippen molar-refractivity contribution < 1.29 is 9.72 Å². The van der Waals surface area contributed by atoms with E-state index in [1.807, 2.05) is 12.1 Å². The Morgan fingerprint density at radius 3 is 2.72 bits per heavy atom. The number of carbonyl (C=O) groups excluding carboxylic acids is 1. The van der Waals surface area contributed by atoms with Crippen molar-refractivity contribution in [1.29, 1.82) is 0 Å². The van der Waals surface area contributed by atoms with E-state index in [0.29, 0.717) is 20.5 Å². The molecule has 0 fully saturated rings. The molecule has 0 aliphatic carbocycles. The zero-order chi connectivity index (χ0) is 17.8. The molecule has 0 unspecified atom stereocenters. The largest absolute Gasteiger partial charge is 0.288 e. The maximum Gasteiger partial charge on any atom is 0.270 e. The lowest BCUT2D eigenvalue weighted by molar-refractivity contribution is -0.384. The molecule has 1 radical (unpaired) electrons. The molecule has 0 atom stereocenters. The standard InChI is InChI=1S/C18H10ClN2O3S/c19-14-7-5-13(6-8-14)18-20-11-17(25-18)16(22)9-4-12-2-1-3-15(10-12)21(23)24/h1-10H. The predicted octanol–water partition coefficient (Wildman–Crippen LogP) is 5.07. The first kappa shape index (κ1) is 17.0. The molecule has 7 heteroatoms. The minimum atomic E-state index is -0.478. The Morgan fingerprint density at radius 1 is 1.24 bits per heavy atom. The number of carbonyl (C=O) groups is 1. The third-order valence-corrected chi connectivity index (χ3v) is 4.55. The first-order valence-corrected chi connectivity index (χ1v) is 8.34. The molecule has 1 aromatic heterocycles. The van der Waals surface area contributed by atoms with Crippen molar-refractivity contribution in [3.63, 3.8) is 0 Å². The van der Waals surface area contributed by atoms with Crippen LogP contribution in [0.1, 0.15) is 15.2 Å². The second-order valence-electron chi connectivity index (χ2n) is 5.02. The normalized spacial score (nSPS) is 10.9. The Balaban J connectivity index is 1.76. The van der Waals surface area contributed by atoms with Crippen LogP contribution in [0.4, 0.5) is 5.69 Å². The molecule has 0 saturated carbocycles. The number of aromatic nitrogens is 1. The van der Waals surface area contributed by atoms with Gasteiger partial charge in [0.1, 0.15) is 16.1 Å². The number of hydrogen-bond acceptors (Lipinski definition) is 5. The van der Waals surface area contributed by atoms with Gasteiger partial charge in [0.05, 0.1) is 4.92 Å². The summed E-state index contributed by atoms with van der Waals surface area (Å²) in [6, 6.07) is 13.2. The predicted molar refractivity (Wildman–Crippen MR) is 97.9 cm³/mol. The monoisotopic (exact) mass is 369 g/mol. The summed E-state index contributed by atoms with van der Waals surface area (Å²) in [5, 5.41) is 12.1. The maximum atomic E-state index is 12.2. The minimum Gasteiger partial charge on any atom is -0.288 e. The quantitative estimate of drug-likeness (QED) is 0.272. The summed E-state index contributed by atoms with van der Waals surface area (Å²) in [5.41, 5.74) is 1.40. The van der Waals surface area contributed by atoms with Crippen molar-refractivity contribution in [2.75, 3.05) is 0 Å². The summed E-state index contributed by atoms with van der Waals surface area (Å²) in [6.45, 7) is 0. The van der Waals surface area contributed by atoms with Gasteiger partial charge < -0.3 is 0 Å². The van der Waals surface area contributed by atoms with E-state index in [4.69, 9.17) is 11.6 Å². The number of rotatable bonds is 5. The number of nitro groups is 1. The van der Waals surface area contributed by atoms with Gasteiger partial charge in [0.2, 0.25) is 0 Å². The van der Waals surface area contributed by atoms with E-state index < -0.39 is 4.92 Å². The van der Waals surface area contributed by atoms with Crippen LogP contribution in [0.15, 0.2) is 54.6 Å². The molecule has 1 heterocycles. The fourth-order valence-corrected chi connectivity index (χ4v) is 2.98. The highest BCUT2D eigenvalue weighted by Crippen LogP contribution is 2.26. The van der Waals surface area contributed by atoms with Crippen LogP contribution < -0.4 is 0 Å². The van der Waals surface area contributed by atoms with E-state index in [1.54, 1.807) is 24.3 Å². The van der Waals surface area contributed by atoms with Crippen LogP contribution in [0.2, 0.25) is 5.02 Å². The molecule has 0 N–H and O–H groups in total. The maximum absolute atomic E-state index is 12.2. The van der Waals surface area contributed by atoms with Crippen LogP contribution in [-0.4, -0.2) is 15.7 Å². The molecule has 2 aromatic carbocycles. The van der Waals surface area contributed by atoms with Gasteiger partial charge in [-0.3, -0.25) is 14.9 Å². The Morgan fingerprint density at radius 2 is 2.00 bits per heavy atom. The summed E-state index contributed by atoms with van der Waals surface area (Å²) in [6.07, 6.45) is 5.60. The Bertz CT molecular complexity index is 964. The lowest BCUT2D eigenvalue weighted by Gasteiger charge is -1.95. The van der Waals surface area contributed by atoms with Crippen molar-refractivity contribution in [2.45, 2.75) is 0 Å². The number of nitrogens with zero attached hydrogens (tertiary/aromatic N) is 2. The molecule has 25 heavy (non-hydrogen) atoms. The summed E-state index contributed by atoms with van der Waals surface area (Å²) in [4.78, 5) is 27.0. The summed E-state index contributed by atoms with van der Waals surface area (Å²) < 4.78 is 0. The van der Waals surface area contributed by atoms with Crippen molar-refractivity contribution in [1.82, 2.24) is 4.98 Å². The number of hydrogen-bond donors (Lipinski definition) is 0. The lowest BCUT2D eigenvalue weighted by Crippen LogP contribution is -1.90. The number of halogens is 1. The Hall–Kier alpha value is -2.83. The van der Waals surface area contributed by atoms with Crippen molar-refractivity contribution in [3.05, 3.63) is 86.4 Å². The van der Waals surface area contributed by atoms with Crippen molar-refractivity contribution in [2.24, 2.45) is 0 Å². The summed E-state index contributed by atoms with van der Waals surface area (Å²) in [5.74, 6) is -0.260. The fraction of sp³-hybridized carbons (Fsp3) is 0.